The number of piperidine rings is 1. The van der Waals surface area contributed by atoms with Gasteiger partial charge in [-0.2, -0.15) is 8.78 Å². The van der Waals surface area contributed by atoms with Crippen LogP contribution in [0.25, 0.3) is 17.7 Å². The van der Waals surface area contributed by atoms with E-state index in [2.05, 4.69) is 40.6 Å². The van der Waals surface area contributed by atoms with Gasteiger partial charge in [0.25, 0.3) is 5.92 Å². The highest BCUT2D eigenvalue weighted by Crippen LogP contribution is 2.43. The van der Waals surface area contributed by atoms with Gasteiger partial charge in [0.1, 0.15) is 11.6 Å². The molecule has 7 rings (SSSR count). The van der Waals surface area contributed by atoms with Crippen molar-refractivity contribution in [1.29, 1.82) is 0 Å². The van der Waals surface area contributed by atoms with Gasteiger partial charge in [0.2, 0.25) is 5.91 Å². The molecule has 2 fully saturated rings. The number of H-pyrrole nitrogens is 2. The molecule has 3 aliphatic carbocycles. The molecule has 3 unspecified atom stereocenters. The minimum Gasteiger partial charge on any atom is -0.375 e. The Morgan fingerprint density at radius 2 is 1.83 bits per heavy atom. The number of unbranched alkanes of at least 4 members (excludes halogenated alkanes) is 1. The molecule has 0 bridgehead atoms. The maximum absolute atomic E-state index is 16.9. The zero-order chi connectivity index (χ0) is 40.9. The van der Waals surface area contributed by atoms with Gasteiger partial charge in [0.15, 0.2) is 0 Å². The Kier molecular flexibility index (Phi) is 12.8. The molecule has 58 heavy (non-hydrogen) atoms. The lowest BCUT2D eigenvalue weighted by Gasteiger charge is -2.37. The Balaban J connectivity index is 1.17. The smallest absolute Gasteiger partial charge is 0.295 e. The van der Waals surface area contributed by atoms with E-state index in [0.717, 1.165) is 93.9 Å². The van der Waals surface area contributed by atoms with E-state index < -0.39 is 5.92 Å². The first-order chi connectivity index (χ1) is 28.0. The van der Waals surface area contributed by atoms with Crippen LogP contribution in [-0.2, 0) is 16.1 Å². The Morgan fingerprint density at radius 1 is 0.983 bits per heavy atom. The third-order valence-corrected chi connectivity index (χ3v) is 12.1. The van der Waals surface area contributed by atoms with Gasteiger partial charge in [-0.25, -0.2) is 9.97 Å². The fourth-order valence-corrected chi connectivity index (χ4v) is 8.84. The van der Waals surface area contributed by atoms with Gasteiger partial charge in [-0.05, 0) is 119 Å². The lowest BCUT2D eigenvalue weighted by molar-refractivity contribution is -0.134. The van der Waals surface area contributed by atoms with E-state index in [1.165, 1.54) is 6.92 Å². The number of rotatable bonds is 13. The largest absolute Gasteiger partial charge is 0.375 e. The quantitative estimate of drug-likeness (QED) is 0.176. The van der Waals surface area contributed by atoms with Gasteiger partial charge in [-0.15, -0.1) is 11.5 Å². The lowest BCUT2D eigenvalue weighted by Crippen LogP contribution is -2.43. The normalized spacial score (nSPS) is 24.0. The summed E-state index contributed by atoms with van der Waals surface area (Å²) in [4.78, 5) is 32.0. The number of allylic oxidation sites excluding steroid dienone is 12. The number of aromatic nitrogens is 4. The van der Waals surface area contributed by atoms with E-state index >= 15 is 8.78 Å². The molecule has 2 aromatic rings. The summed E-state index contributed by atoms with van der Waals surface area (Å²) < 4.78 is 40.0. The van der Waals surface area contributed by atoms with Gasteiger partial charge in [0, 0.05) is 46.9 Å². The molecule has 10 heteroatoms. The van der Waals surface area contributed by atoms with E-state index in [9.17, 15) is 4.79 Å². The van der Waals surface area contributed by atoms with Crippen LogP contribution in [0.15, 0.2) is 93.6 Å². The third kappa shape index (κ3) is 8.91. The molecule has 1 spiro atoms. The molecular weight excluding hydrogens is 731 g/mol. The number of aromatic amines is 2. The number of nitrogens with one attached hydrogen (secondary N) is 3. The molecular formula is C48H58F2N6O2. The minimum absolute atomic E-state index is 0.000350. The Labute approximate surface area is 341 Å². The first-order valence-corrected chi connectivity index (χ1v) is 21.3. The molecule has 0 aromatic carbocycles. The SMILES string of the molecule is CCCCC(CCC)N(Cc1nc2c([nH]1)=CC(C1=C/C=C(\C)C3=C=CC=C(c4cnc(C5CC6(CCCO6)CCN5)[nH]4)C=C3C(F)(F)C(C)=C1)=C=CC=2)C(=O)CCC. The number of ether oxygens (including phenoxy) is 1. The highest BCUT2D eigenvalue weighted by molar-refractivity contribution is 5.78. The van der Waals surface area contributed by atoms with E-state index in [1.54, 1.807) is 30.5 Å². The molecule has 5 aliphatic rings. The number of carbonyl (C=O) groups excluding carboxylic acids is 1. The van der Waals surface area contributed by atoms with Crippen molar-refractivity contribution in [3.63, 3.8) is 0 Å². The second kappa shape index (κ2) is 18.0. The zero-order valence-corrected chi connectivity index (χ0v) is 34.7. The van der Waals surface area contributed by atoms with Gasteiger partial charge in [-0.1, -0.05) is 52.2 Å². The molecule has 0 radical (unpaired) electrons. The van der Waals surface area contributed by atoms with Crippen LogP contribution in [-0.4, -0.2) is 61.5 Å². The fourth-order valence-electron chi connectivity index (χ4n) is 8.84. The summed E-state index contributed by atoms with van der Waals surface area (Å²) in [7, 11) is 0. The first kappa shape index (κ1) is 41.3. The standard InChI is InChI=1S/C48H58F2N6O2/c1-6-9-17-37(13-7-2)56(45(57)14-8-3)31-44-53-40-19-11-15-34(28-41(40)54-44)35-21-20-32(4)38-18-10-16-36(27-39(38)48(49,50)33(5)26-35)43-30-52-46(55-43)42-29-47(23-24-51-42)22-12-25-58-47/h10-11,16,19-21,26-28,30,37,42,51H,6-9,12-14,17,22-25,29,31H2,1-5H3,(H,52,55)(H,53,54)/b32-20+,33-26?,35-21?. The van der Waals surface area contributed by atoms with E-state index in [-0.39, 0.29) is 34.7 Å². The van der Waals surface area contributed by atoms with Crippen molar-refractivity contribution in [2.45, 2.75) is 135 Å². The fraction of sp³-hybridized carbons (Fsp3) is 0.479. The average Bonchev–Trinajstić information content (AvgIpc) is 3.90. The van der Waals surface area contributed by atoms with E-state index in [1.807, 2.05) is 49.1 Å². The van der Waals surface area contributed by atoms with Crippen molar-refractivity contribution in [2.75, 3.05) is 13.2 Å². The molecule has 3 atom stereocenters. The van der Waals surface area contributed by atoms with Crippen molar-refractivity contribution >= 4 is 23.6 Å². The third-order valence-electron chi connectivity index (χ3n) is 12.1. The van der Waals surface area contributed by atoms with Crippen LogP contribution in [0.4, 0.5) is 8.78 Å². The molecule has 2 aliphatic heterocycles. The molecule has 4 heterocycles. The highest BCUT2D eigenvalue weighted by Gasteiger charge is 2.42. The van der Waals surface area contributed by atoms with Crippen molar-refractivity contribution in [1.82, 2.24) is 30.2 Å². The Hall–Kier alpha value is -4.85. The van der Waals surface area contributed by atoms with E-state index in [0.29, 0.717) is 52.3 Å². The number of fused-ring (bicyclic) bond motifs is 2. The summed E-state index contributed by atoms with van der Waals surface area (Å²) in [6, 6.07) is 0.154. The summed E-state index contributed by atoms with van der Waals surface area (Å²) in [5, 5.41) is 5.04. The topological polar surface area (TPSA) is 98.9 Å². The number of amides is 1. The van der Waals surface area contributed by atoms with Crippen LogP contribution >= 0.6 is 0 Å². The Bertz CT molecular complexity index is 2310. The lowest BCUT2D eigenvalue weighted by atomic mass is 9.85. The molecule has 2 aromatic heterocycles. The van der Waals surface area contributed by atoms with Crippen LogP contribution in [0.1, 0.15) is 129 Å². The summed E-state index contributed by atoms with van der Waals surface area (Å²) in [5.41, 5.74) is 9.66. The monoisotopic (exact) mass is 788 g/mol. The van der Waals surface area contributed by atoms with E-state index in [4.69, 9.17) is 14.7 Å². The summed E-state index contributed by atoms with van der Waals surface area (Å²) in [6.45, 7) is 11.7. The van der Waals surface area contributed by atoms with Gasteiger partial charge in [0.05, 0.1) is 40.8 Å². The number of hydrogen-bond acceptors (Lipinski definition) is 5. The van der Waals surface area contributed by atoms with Crippen molar-refractivity contribution in [3.05, 3.63) is 122 Å². The number of carbonyl (C=O) groups is 1. The predicted octanol–water partition coefficient (Wildman–Crippen LogP) is 8.82. The van der Waals surface area contributed by atoms with Crippen molar-refractivity contribution in [2.24, 2.45) is 0 Å². The second-order valence-corrected chi connectivity index (χ2v) is 16.4. The number of imidazole rings is 2. The summed E-state index contributed by atoms with van der Waals surface area (Å²) in [5.74, 6) is -1.69. The number of alkyl halides is 2. The molecule has 8 nitrogen and oxygen atoms in total. The minimum atomic E-state index is -3.33. The van der Waals surface area contributed by atoms with Crippen molar-refractivity contribution in [3.8, 4) is 0 Å². The maximum atomic E-state index is 16.9. The van der Waals surface area contributed by atoms with Crippen LogP contribution < -0.4 is 16.0 Å². The maximum Gasteiger partial charge on any atom is 0.295 e. The second-order valence-electron chi connectivity index (χ2n) is 16.4. The first-order valence-electron chi connectivity index (χ1n) is 21.3. The van der Waals surface area contributed by atoms with Gasteiger partial charge < -0.3 is 24.9 Å². The van der Waals surface area contributed by atoms with Crippen LogP contribution in [0, 0.1) is 0 Å². The molecule has 3 N–H and O–H groups in total. The average molecular weight is 789 g/mol. The van der Waals surface area contributed by atoms with Gasteiger partial charge >= 0.3 is 0 Å². The zero-order valence-electron chi connectivity index (χ0n) is 34.7. The highest BCUT2D eigenvalue weighted by atomic mass is 19.3. The van der Waals surface area contributed by atoms with Crippen LogP contribution in [0.3, 0.4) is 0 Å². The molecule has 306 valence electrons. The molecule has 2 saturated heterocycles. The number of nitrogens with zero attached hydrogens (tertiary/aromatic N) is 3. The van der Waals surface area contributed by atoms with Gasteiger partial charge in [-0.3, -0.25) is 4.79 Å². The number of hydrogen-bond donors (Lipinski definition) is 3. The Morgan fingerprint density at radius 3 is 2.60 bits per heavy atom. The molecule has 0 saturated carbocycles. The van der Waals surface area contributed by atoms with Crippen LogP contribution in [0.2, 0.25) is 0 Å². The number of halogens is 2. The molecule has 1 amide bonds. The van der Waals surface area contributed by atoms with Crippen LogP contribution in [0.5, 0.6) is 0 Å². The summed E-state index contributed by atoms with van der Waals surface area (Å²) >= 11 is 0. The summed E-state index contributed by atoms with van der Waals surface area (Å²) in [6.07, 6.45) is 28.0. The van der Waals surface area contributed by atoms with Crippen molar-refractivity contribution < 1.29 is 18.3 Å². The predicted molar refractivity (Wildman–Crippen MR) is 227 cm³/mol.